The first kappa shape index (κ1) is 21.7. The molecule has 0 fully saturated rings. The molecule has 3 aromatic heterocycles. The molecule has 0 aliphatic rings. The Hall–Kier alpha value is -3.53. The van der Waals surface area contributed by atoms with E-state index in [1.54, 1.807) is 35.0 Å². The highest BCUT2D eigenvalue weighted by molar-refractivity contribution is 6.30. The third kappa shape index (κ3) is 4.70. The molecular formula is C21H17ClF3N5O2. The number of carbonyl (C=O) groups is 1. The topological polar surface area (TPSA) is 73.5 Å². The van der Waals surface area contributed by atoms with Crippen molar-refractivity contribution in [2.75, 3.05) is 0 Å². The molecule has 11 heteroatoms. The predicted octanol–water partition coefficient (Wildman–Crippen LogP) is 4.56. The van der Waals surface area contributed by atoms with Gasteiger partial charge in [-0.25, -0.2) is 9.67 Å². The van der Waals surface area contributed by atoms with Crippen LogP contribution in [0.25, 0.3) is 11.3 Å². The first-order chi connectivity index (χ1) is 15.2. The number of ether oxygens (including phenoxy) is 1. The zero-order valence-corrected chi connectivity index (χ0v) is 17.5. The summed E-state index contributed by atoms with van der Waals surface area (Å²) in [5.41, 5.74) is 2.79. The molecule has 1 aromatic carbocycles. The lowest BCUT2D eigenvalue weighted by molar-refractivity contribution is -0.274. The Kier molecular flexibility index (Phi) is 5.79. The zero-order chi connectivity index (χ0) is 22.9. The molecular weight excluding hydrogens is 447 g/mol. The van der Waals surface area contributed by atoms with Crippen LogP contribution in [0, 0.1) is 0 Å². The van der Waals surface area contributed by atoms with Gasteiger partial charge in [0.2, 0.25) is 0 Å². The molecule has 0 saturated carbocycles. The highest BCUT2D eigenvalue weighted by Crippen LogP contribution is 2.23. The minimum absolute atomic E-state index is 0.151. The van der Waals surface area contributed by atoms with Crippen LogP contribution in [0.4, 0.5) is 13.2 Å². The molecule has 0 saturated heterocycles. The molecule has 166 valence electrons. The van der Waals surface area contributed by atoms with Crippen LogP contribution < -0.4 is 10.1 Å². The number of aromatic nitrogens is 4. The molecule has 7 nitrogen and oxygen atoms in total. The third-order valence-corrected chi connectivity index (χ3v) is 4.84. The third-order valence-electron chi connectivity index (χ3n) is 4.61. The molecule has 0 radical (unpaired) electrons. The number of fused-ring (bicyclic) bond motifs is 1. The number of rotatable bonds is 6. The van der Waals surface area contributed by atoms with E-state index in [4.69, 9.17) is 11.6 Å². The Morgan fingerprint density at radius 3 is 2.59 bits per heavy atom. The van der Waals surface area contributed by atoms with Gasteiger partial charge >= 0.3 is 6.36 Å². The Labute approximate surface area is 185 Å². The number of nitrogens with zero attached hydrogens (tertiary/aromatic N) is 4. The van der Waals surface area contributed by atoms with Crippen molar-refractivity contribution in [3.8, 4) is 11.4 Å². The van der Waals surface area contributed by atoms with Gasteiger partial charge in [-0.15, -0.1) is 13.2 Å². The number of carbonyl (C=O) groups excluding carboxylic acids is 1. The summed E-state index contributed by atoms with van der Waals surface area (Å²) in [5.74, 6) is -0.638. The van der Waals surface area contributed by atoms with Crippen molar-refractivity contribution in [1.82, 2.24) is 24.5 Å². The van der Waals surface area contributed by atoms with E-state index in [1.807, 2.05) is 6.92 Å². The highest BCUT2D eigenvalue weighted by Gasteiger charge is 2.31. The first-order valence-corrected chi connectivity index (χ1v) is 9.96. The van der Waals surface area contributed by atoms with Crippen LogP contribution in [0.3, 0.4) is 0 Å². The van der Waals surface area contributed by atoms with Crippen molar-refractivity contribution in [1.29, 1.82) is 0 Å². The number of aryl methyl sites for hydroxylation is 1. The fraction of sp³-hybridized carbons (Fsp3) is 0.190. The number of pyridine rings is 1. The second-order valence-electron chi connectivity index (χ2n) is 6.81. The SMILES string of the molecule is CCc1nc2ccc(Cl)cn2c1C(=O)NCc1ccn(-c2ccc(OC(F)(F)F)cc2)n1. The van der Waals surface area contributed by atoms with Crippen LogP contribution in [-0.4, -0.2) is 31.4 Å². The van der Waals surface area contributed by atoms with Gasteiger partial charge in [-0.3, -0.25) is 9.20 Å². The fourth-order valence-electron chi connectivity index (χ4n) is 3.21. The van der Waals surface area contributed by atoms with Gasteiger partial charge in [0.25, 0.3) is 5.91 Å². The lowest BCUT2D eigenvalue weighted by atomic mass is 10.2. The van der Waals surface area contributed by atoms with E-state index in [-0.39, 0.29) is 18.2 Å². The summed E-state index contributed by atoms with van der Waals surface area (Å²) in [6.45, 7) is 2.06. The monoisotopic (exact) mass is 463 g/mol. The van der Waals surface area contributed by atoms with Crippen LogP contribution in [-0.2, 0) is 13.0 Å². The smallest absolute Gasteiger partial charge is 0.406 e. The van der Waals surface area contributed by atoms with E-state index in [9.17, 15) is 18.0 Å². The Morgan fingerprint density at radius 1 is 1.16 bits per heavy atom. The highest BCUT2D eigenvalue weighted by atomic mass is 35.5. The molecule has 3 heterocycles. The largest absolute Gasteiger partial charge is 0.573 e. The van der Waals surface area contributed by atoms with Gasteiger partial charge in [-0.05, 0) is 48.9 Å². The van der Waals surface area contributed by atoms with Gasteiger partial charge in [-0.2, -0.15) is 5.10 Å². The van der Waals surface area contributed by atoms with E-state index in [2.05, 4.69) is 20.1 Å². The Morgan fingerprint density at radius 2 is 1.91 bits per heavy atom. The van der Waals surface area contributed by atoms with Crippen molar-refractivity contribution in [2.45, 2.75) is 26.3 Å². The Bertz CT molecular complexity index is 1260. The number of amides is 1. The van der Waals surface area contributed by atoms with Crippen molar-refractivity contribution >= 4 is 23.2 Å². The van der Waals surface area contributed by atoms with Gasteiger partial charge in [-0.1, -0.05) is 18.5 Å². The lowest BCUT2D eigenvalue weighted by Crippen LogP contribution is -2.25. The summed E-state index contributed by atoms with van der Waals surface area (Å²) < 4.78 is 43.9. The van der Waals surface area contributed by atoms with E-state index < -0.39 is 6.36 Å². The molecule has 4 rings (SSSR count). The summed E-state index contributed by atoms with van der Waals surface area (Å²) in [4.78, 5) is 17.3. The van der Waals surface area contributed by atoms with Crippen LogP contribution in [0.1, 0.15) is 28.8 Å². The van der Waals surface area contributed by atoms with E-state index in [0.717, 1.165) is 0 Å². The second kappa shape index (κ2) is 8.54. The van der Waals surface area contributed by atoms with Crippen LogP contribution in [0.5, 0.6) is 5.75 Å². The minimum atomic E-state index is -4.75. The van der Waals surface area contributed by atoms with Crippen molar-refractivity contribution in [3.05, 3.63) is 77.0 Å². The maximum Gasteiger partial charge on any atom is 0.573 e. The molecule has 1 amide bonds. The minimum Gasteiger partial charge on any atom is -0.406 e. The predicted molar refractivity (Wildman–Crippen MR) is 111 cm³/mol. The molecule has 0 aliphatic heterocycles. The summed E-state index contributed by atoms with van der Waals surface area (Å²) >= 11 is 6.07. The standard InChI is InChI=1S/C21H17ClF3N5O2/c1-2-17-19(29-12-13(22)3-8-18(29)27-17)20(31)26-11-14-9-10-30(28-14)15-4-6-16(7-5-15)32-21(23,24)25/h3-10,12H,2,11H2,1H3,(H,26,31). The van der Waals surface area contributed by atoms with Gasteiger partial charge in [0.05, 0.1) is 28.6 Å². The fourth-order valence-corrected chi connectivity index (χ4v) is 3.37. The molecule has 0 atom stereocenters. The first-order valence-electron chi connectivity index (χ1n) is 9.59. The van der Waals surface area contributed by atoms with Crippen LogP contribution in [0.15, 0.2) is 54.9 Å². The molecule has 0 spiro atoms. The summed E-state index contributed by atoms with van der Waals surface area (Å²) in [6, 6.07) is 10.5. The van der Waals surface area contributed by atoms with Crippen molar-refractivity contribution in [3.63, 3.8) is 0 Å². The van der Waals surface area contributed by atoms with Crippen molar-refractivity contribution < 1.29 is 22.7 Å². The molecule has 32 heavy (non-hydrogen) atoms. The maximum atomic E-state index is 12.9. The zero-order valence-electron chi connectivity index (χ0n) is 16.7. The van der Waals surface area contributed by atoms with Crippen molar-refractivity contribution in [2.24, 2.45) is 0 Å². The van der Waals surface area contributed by atoms with Gasteiger partial charge in [0, 0.05) is 12.4 Å². The van der Waals surface area contributed by atoms with Gasteiger partial charge in [0.15, 0.2) is 0 Å². The number of nitrogens with one attached hydrogen (secondary N) is 1. The van der Waals surface area contributed by atoms with Crippen LogP contribution >= 0.6 is 11.6 Å². The molecule has 0 aliphatic carbocycles. The number of halogens is 4. The Balaban J connectivity index is 1.46. The number of alkyl halides is 3. The lowest BCUT2D eigenvalue weighted by Gasteiger charge is -2.09. The molecule has 4 aromatic rings. The number of hydrogen-bond acceptors (Lipinski definition) is 4. The van der Waals surface area contributed by atoms with Gasteiger partial charge < -0.3 is 10.1 Å². The summed E-state index contributed by atoms with van der Waals surface area (Å²) in [6.07, 6.45) is -0.890. The summed E-state index contributed by atoms with van der Waals surface area (Å²) in [7, 11) is 0. The quantitative estimate of drug-likeness (QED) is 0.455. The number of hydrogen-bond donors (Lipinski definition) is 1. The second-order valence-corrected chi connectivity index (χ2v) is 7.25. The molecule has 0 bridgehead atoms. The normalized spacial score (nSPS) is 11.7. The number of imidazole rings is 1. The average Bonchev–Trinajstić information content (AvgIpc) is 3.35. The molecule has 1 N–H and O–H groups in total. The van der Waals surface area contributed by atoms with Crippen LogP contribution in [0.2, 0.25) is 5.02 Å². The maximum absolute atomic E-state index is 12.9. The van der Waals surface area contributed by atoms with E-state index in [0.29, 0.717) is 39.9 Å². The van der Waals surface area contributed by atoms with Gasteiger partial charge in [0.1, 0.15) is 17.1 Å². The molecule has 0 unspecified atom stereocenters. The average molecular weight is 464 g/mol. The van der Waals surface area contributed by atoms with E-state index in [1.165, 1.54) is 28.9 Å². The van der Waals surface area contributed by atoms with E-state index >= 15 is 0 Å². The summed E-state index contributed by atoms with van der Waals surface area (Å²) in [5, 5.41) is 7.66. The number of benzene rings is 1.